The molecule has 0 bridgehead atoms. The predicted octanol–water partition coefficient (Wildman–Crippen LogP) is 2.76. The van der Waals surface area contributed by atoms with Crippen molar-refractivity contribution in [3.05, 3.63) is 35.9 Å². The Labute approximate surface area is 146 Å². The number of likely N-dealkylation sites (N-methyl/N-ethyl adjacent to an activating group) is 1. The lowest BCUT2D eigenvalue weighted by atomic mass is 9.96. The third kappa shape index (κ3) is 4.10. The van der Waals surface area contributed by atoms with E-state index in [1.54, 1.807) is 0 Å². The van der Waals surface area contributed by atoms with Crippen LogP contribution in [0.2, 0.25) is 0 Å². The average Bonchev–Trinajstić information content (AvgIpc) is 3.28. The van der Waals surface area contributed by atoms with Gasteiger partial charge in [0.15, 0.2) is 5.96 Å². The minimum absolute atomic E-state index is 0.284. The topological polar surface area (TPSA) is 39.7 Å². The quantitative estimate of drug-likeness (QED) is 0.597. The van der Waals surface area contributed by atoms with Gasteiger partial charge in [0.1, 0.15) is 0 Å². The van der Waals surface area contributed by atoms with Crippen LogP contribution in [0.5, 0.6) is 0 Å². The van der Waals surface area contributed by atoms with Gasteiger partial charge in [0.25, 0.3) is 0 Å². The molecule has 3 rings (SSSR count). The molecule has 1 aromatic rings. The van der Waals surface area contributed by atoms with E-state index in [-0.39, 0.29) is 5.41 Å². The highest BCUT2D eigenvalue weighted by molar-refractivity contribution is 5.79. The highest BCUT2D eigenvalue weighted by atomic mass is 15.2. The first-order valence-corrected chi connectivity index (χ1v) is 9.59. The van der Waals surface area contributed by atoms with E-state index in [2.05, 4.69) is 59.7 Å². The Balaban J connectivity index is 1.58. The summed E-state index contributed by atoms with van der Waals surface area (Å²) in [6.45, 7) is 9.58. The molecule has 0 aromatic heterocycles. The van der Waals surface area contributed by atoms with Gasteiger partial charge >= 0.3 is 0 Å². The molecule has 2 N–H and O–H groups in total. The molecule has 132 valence electrons. The monoisotopic (exact) mass is 328 g/mol. The number of nitrogens with one attached hydrogen (secondary N) is 2. The fraction of sp³-hybridized carbons (Fsp3) is 0.650. The van der Waals surface area contributed by atoms with Gasteiger partial charge in [-0.05, 0) is 51.3 Å². The van der Waals surface area contributed by atoms with Crippen LogP contribution >= 0.6 is 0 Å². The summed E-state index contributed by atoms with van der Waals surface area (Å²) in [5, 5.41) is 6.99. The lowest BCUT2D eigenvalue weighted by molar-refractivity contribution is 0.267. The highest BCUT2D eigenvalue weighted by Crippen LogP contribution is 2.48. The summed E-state index contributed by atoms with van der Waals surface area (Å²) in [4.78, 5) is 7.48. The van der Waals surface area contributed by atoms with Crippen LogP contribution in [0.25, 0.3) is 0 Å². The van der Waals surface area contributed by atoms with Crippen molar-refractivity contribution in [2.45, 2.75) is 51.0 Å². The zero-order valence-electron chi connectivity index (χ0n) is 15.2. The number of nitrogens with zero attached hydrogens (tertiary/aromatic N) is 2. The number of hydrogen-bond donors (Lipinski definition) is 2. The van der Waals surface area contributed by atoms with Crippen molar-refractivity contribution >= 4 is 5.96 Å². The Morgan fingerprint density at radius 3 is 2.67 bits per heavy atom. The molecule has 0 spiro atoms. The van der Waals surface area contributed by atoms with Crippen molar-refractivity contribution in [1.29, 1.82) is 0 Å². The van der Waals surface area contributed by atoms with E-state index in [0.29, 0.717) is 6.04 Å². The number of rotatable bonds is 7. The van der Waals surface area contributed by atoms with E-state index in [4.69, 9.17) is 4.99 Å². The van der Waals surface area contributed by atoms with Crippen LogP contribution in [-0.4, -0.2) is 49.6 Å². The predicted molar refractivity (Wildman–Crippen MR) is 102 cm³/mol. The van der Waals surface area contributed by atoms with Crippen LogP contribution in [-0.2, 0) is 5.41 Å². The van der Waals surface area contributed by atoms with Crippen LogP contribution in [0.1, 0.15) is 45.1 Å². The van der Waals surface area contributed by atoms with E-state index in [9.17, 15) is 0 Å². The van der Waals surface area contributed by atoms with Crippen molar-refractivity contribution in [3.63, 3.8) is 0 Å². The smallest absolute Gasteiger partial charge is 0.191 e. The molecule has 1 heterocycles. The van der Waals surface area contributed by atoms with Crippen LogP contribution in [0.15, 0.2) is 35.3 Å². The van der Waals surface area contributed by atoms with Crippen LogP contribution in [0.4, 0.5) is 0 Å². The average molecular weight is 329 g/mol. The molecule has 2 aliphatic rings. The Hall–Kier alpha value is -1.55. The van der Waals surface area contributed by atoms with Crippen molar-refractivity contribution in [3.8, 4) is 0 Å². The number of guanidine groups is 1. The molecule has 4 nitrogen and oxygen atoms in total. The zero-order chi connectivity index (χ0) is 16.8. The molecule has 0 radical (unpaired) electrons. The van der Waals surface area contributed by atoms with Gasteiger partial charge in [-0.2, -0.15) is 0 Å². The summed E-state index contributed by atoms with van der Waals surface area (Å²) < 4.78 is 0. The van der Waals surface area contributed by atoms with Crippen molar-refractivity contribution in [1.82, 2.24) is 15.5 Å². The number of hydrogen-bond acceptors (Lipinski definition) is 2. The molecular formula is C20H32N4. The molecule has 1 aliphatic carbocycles. The lowest BCUT2D eigenvalue weighted by Gasteiger charge is -2.24. The minimum atomic E-state index is 0.284. The zero-order valence-corrected chi connectivity index (χ0v) is 15.2. The van der Waals surface area contributed by atoms with Crippen molar-refractivity contribution < 1.29 is 0 Å². The third-order valence-electron chi connectivity index (χ3n) is 5.53. The molecule has 1 aromatic carbocycles. The maximum atomic E-state index is 4.91. The molecule has 4 heteroatoms. The van der Waals surface area contributed by atoms with E-state index >= 15 is 0 Å². The molecular weight excluding hydrogens is 296 g/mol. The van der Waals surface area contributed by atoms with E-state index in [1.165, 1.54) is 37.8 Å². The molecule has 1 unspecified atom stereocenters. The van der Waals surface area contributed by atoms with Gasteiger partial charge in [0.05, 0.1) is 6.54 Å². The SMILES string of the molecule is CCNC(=NCC1(c2ccccc2)CC1)NCC1CCCN1CC. The summed E-state index contributed by atoms with van der Waals surface area (Å²) in [6.07, 6.45) is 5.14. The molecule has 1 saturated carbocycles. The summed E-state index contributed by atoms with van der Waals surface area (Å²) in [7, 11) is 0. The van der Waals surface area contributed by atoms with E-state index < -0.39 is 0 Å². The summed E-state index contributed by atoms with van der Waals surface area (Å²) in [6, 6.07) is 11.5. The van der Waals surface area contributed by atoms with E-state index in [1.807, 2.05) is 0 Å². The molecule has 1 atom stereocenters. The van der Waals surface area contributed by atoms with Crippen LogP contribution in [0.3, 0.4) is 0 Å². The molecule has 2 fully saturated rings. The second-order valence-electron chi connectivity index (χ2n) is 7.15. The highest BCUT2D eigenvalue weighted by Gasteiger charge is 2.44. The minimum Gasteiger partial charge on any atom is -0.357 e. The second kappa shape index (κ2) is 8.02. The van der Waals surface area contributed by atoms with Gasteiger partial charge in [0, 0.05) is 24.5 Å². The Bertz CT molecular complexity index is 536. The summed E-state index contributed by atoms with van der Waals surface area (Å²) in [5.74, 6) is 0.975. The van der Waals surface area contributed by atoms with Gasteiger partial charge in [0.2, 0.25) is 0 Å². The van der Waals surface area contributed by atoms with E-state index in [0.717, 1.165) is 32.1 Å². The third-order valence-corrected chi connectivity index (χ3v) is 5.53. The number of likely N-dealkylation sites (tertiary alicyclic amines) is 1. The van der Waals surface area contributed by atoms with Crippen LogP contribution in [0, 0.1) is 0 Å². The normalized spacial score (nSPS) is 23.2. The molecule has 24 heavy (non-hydrogen) atoms. The summed E-state index contributed by atoms with van der Waals surface area (Å²) in [5.41, 5.74) is 1.73. The first-order valence-electron chi connectivity index (χ1n) is 9.59. The lowest BCUT2D eigenvalue weighted by Crippen LogP contribution is -2.45. The Morgan fingerprint density at radius 2 is 2.00 bits per heavy atom. The summed E-state index contributed by atoms with van der Waals surface area (Å²) >= 11 is 0. The first-order chi connectivity index (χ1) is 11.8. The first kappa shape index (κ1) is 17.3. The van der Waals surface area contributed by atoms with Crippen LogP contribution < -0.4 is 10.6 Å². The van der Waals surface area contributed by atoms with Gasteiger partial charge in [-0.1, -0.05) is 37.3 Å². The van der Waals surface area contributed by atoms with Gasteiger partial charge in [-0.15, -0.1) is 0 Å². The number of benzene rings is 1. The van der Waals surface area contributed by atoms with Gasteiger partial charge < -0.3 is 10.6 Å². The Morgan fingerprint density at radius 1 is 1.21 bits per heavy atom. The maximum Gasteiger partial charge on any atom is 0.191 e. The van der Waals surface area contributed by atoms with Gasteiger partial charge in [-0.3, -0.25) is 9.89 Å². The maximum absolute atomic E-state index is 4.91. The fourth-order valence-corrected chi connectivity index (χ4v) is 3.81. The molecule has 1 aliphatic heterocycles. The standard InChI is InChI=1S/C20H32N4/c1-3-21-19(22-15-18-11-8-14-24(18)4-2)23-16-20(12-13-20)17-9-6-5-7-10-17/h5-7,9-10,18H,3-4,8,11-16H2,1-2H3,(H2,21,22,23). The van der Waals surface area contributed by atoms with Crippen molar-refractivity contribution in [2.75, 3.05) is 32.7 Å². The fourth-order valence-electron chi connectivity index (χ4n) is 3.81. The second-order valence-corrected chi connectivity index (χ2v) is 7.15. The van der Waals surface area contributed by atoms with Crippen molar-refractivity contribution in [2.24, 2.45) is 4.99 Å². The largest absolute Gasteiger partial charge is 0.357 e. The number of aliphatic imine (C=N–C) groups is 1. The molecule has 0 amide bonds. The Kier molecular flexibility index (Phi) is 5.77. The van der Waals surface area contributed by atoms with Gasteiger partial charge in [-0.25, -0.2) is 0 Å². The molecule has 1 saturated heterocycles.